The van der Waals surface area contributed by atoms with Crippen LogP contribution < -0.4 is 10.1 Å². The van der Waals surface area contributed by atoms with Crippen molar-refractivity contribution in [2.45, 2.75) is 52.0 Å². The first-order chi connectivity index (χ1) is 13.4. The van der Waals surface area contributed by atoms with E-state index in [-0.39, 0.29) is 18.8 Å². The largest absolute Gasteiger partial charge is 0.485 e. The first kappa shape index (κ1) is 20.3. The molecule has 0 aliphatic carbocycles. The number of aryl methyl sites for hydroxylation is 1. The Bertz CT molecular complexity index is 836. The van der Waals surface area contributed by atoms with Crippen molar-refractivity contribution in [3.8, 4) is 18.1 Å². The molecule has 0 saturated heterocycles. The Morgan fingerprint density at radius 3 is 2.57 bits per heavy atom. The standard InChI is InChI=1S/C24H29NO3/c1-6-14-27-23-22(26-7-2)20-15-19(12-13-21(20)28-24(23,4)5)25-16-18-10-8-17(3)9-11-18/h1,8-13,15,22-23,25H,7,14,16H2,2-5H3. The summed E-state index contributed by atoms with van der Waals surface area (Å²) in [6.07, 6.45) is 4.88. The lowest BCUT2D eigenvalue weighted by atomic mass is 9.88. The van der Waals surface area contributed by atoms with Crippen LogP contribution in [0.3, 0.4) is 0 Å². The molecule has 0 spiro atoms. The summed E-state index contributed by atoms with van der Waals surface area (Å²) in [5.41, 5.74) is 3.95. The van der Waals surface area contributed by atoms with Gasteiger partial charge >= 0.3 is 0 Å². The van der Waals surface area contributed by atoms with Crippen LogP contribution in [0.1, 0.15) is 43.6 Å². The SMILES string of the molecule is C#CCOC1C(OCC)c2cc(NCc3ccc(C)cc3)ccc2OC1(C)C. The minimum atomic E-state index is -0.541. The molecule has 4 nitrogen and oxygen atoms in total. The summed E-state index contributed by atoms with van der Waals surface area (Å²) in [6, 6.07) is 14.6. The predicted molar refractivity (Wildman–Crippen MR) is 113 cm³/mol. The Balaban J connectivity index is 1.84. The molecule has 0 saturated carbocycles. The van der Waals surface area contributed by atoms with Crippen LogP contribution >= 0.6 is 0 Å². The molecule has 0 aromatic heterocycles. The van der Waals surface area contributed by atoms with Gasteiger partial charge in [-0.15, -0.1) is 6.42 Å². The van der Waals surface area contributed by atoms with Crippen molar-refractivity contribution in [3.05, 3.63) is 59.2 Å². The predicted octanol–water partition coefficient (Wildman–Crippen LogP) is 4.87. The first-order valence-electron chi connectivity index (χ1n) is 9.73. The quantitative estimate of drug-likeness (QED) is 0.697. The molecule has 0 amide bonds. The normalized spacial score (nSPS) is 20.0. The number of fused-ring (bicyclic) bond motifs is 1. The molecule has 0 bridgehead atoms. The molecule has 2 aromatic carbocycles. The van der Waals surface area contributed by atoms with E-state index in [1.807, 2.05) is 32.9 Å². The van der Waals surface area contributed by atoms with Crippen LogP contribution in [0.15, 0.2) is 42.5 Å². The zero-order chi connectivity index (χ0) is 20.1. The van der Waals surface area contributed by atoms with E-state index in [0.717, 1.165) is 23.5 Å². The van der Waals surface area contributed by atoms with E-state index in [2.05, 4.69) is 48.5 Å². The molecule has 2 atom stereocenters. The Morgan fingerprint density at radius 1 is 1.14 bits per heavy atom. The van der Waals surface area contributed by atoms with Crippen molar-refractivity contribution in [1.82, 2.24) is 0 Å². The van der Waals surface area contributed by atoms with Crippen LogP contribution in [0.2, 0.25) is 0 Å². The van der Waals surface area contributed by atoms with Crippen LogP contribution in [0.5, 0.6) is 5.75 Å². The molecule has 4 heteroatoms. The highest BCUT2D eigenvalue weighted by Gasteiger charge is 2.45. The third-order valence-electron chi connectivity index (χ3n) is 4.96. The number of rotatable bonds is 7. The number of ether oxygens (including phenoxy) is 3. The van der Waals surface area contributed by atoms with Crippen LogP contribution in [-0.2, 0) is 16.0 Å². The molecule has 28 heavy (non-hydrogen) atoms. The van der Waals surface area contributed by atoms with E-state index in [0.29, 0.717) is 6.61 Å². The van der Waals surface area contributed by atoms with E-state index in [1.54, 1.807) is 0 Å². The van der Waals surface area contributed by atoms with Crippen molar-refractivity contribution in [3.63, 3.8) is 0 Å². The van der Waals surface area contributed by atoms with Gasteiger partial charge in [0.1, 0.15) is 30.2 Å². The second-order valence-electron chi connectivity index (χ2n) is 7.61. The minimum Gasteiger partial charge on any atom is -0.485 e. The topological polar surface area (TPSA) is 39.7 Å². The van der Waals surface area contributed by atoms with Crippen LogP contribution in [0, 0.1) is 19.3 Å². The molecular weight excluding hydrogens is 350 g/mol. The summed E-state index contributed by atoms with van der Waals surface area (Å²) >= 11 is 0. The van der Waals surface area contributed by atoms with Crippen LogP contribution in [-0.4, -0.2) is 24.9 Å². The smallest absolute Gasteiger partial charge is 0.132 e. The molecule has 2 unspecified atom stereocenters. The van der Waals surface area contributed by atoms with Crippen molar-refractivity contribution in [1.29, 1.82) is 0 Å². The lowest BCUT2D eigenvalue weighted by Crippen LogP contribution is -2.51. The van der Waals surface area contributed by atoms with Gasteiger partial charge in [-0.1, -0.05) is 35.7 Å². The van der Waals surface area contributed by atoms with E-state index < -0.39 is 5.60 Å². The van der Waals surface area contributed by atoms with Gasteiger partial charge in [-0.3, -0.25) is 0 Å². The fraction of sp³-hybridized carbons (Fsp3) is 0.417. The Kier molecular flexibility index (Phi) is 6.28. The fourth-order valence-electron chi connectivity index (χ4n) is 3.54. The second-order valence-corrected chi connectivity index (χ2v) is 7.61. The van der Waals surface area contributed by atoms with Gasteiger partial charge in [0.2, 0.25) is 0 Å². The van der Waals surface area contributed by atoms with Crippen LogP contribution in [0.4, 0.5) is 5.69 Å². The third kappa shape index (κ3) is 4.49. The lowest BCUT2D eigenvalue weighted by Gasteiger charge is -2.44. The van der Waals surface area contributed by atoms with Gasteiger partial charge in [0.25, 0.3) is 0 Å². The lowest BCUT2D eigenvalue weighted by molar-refractivity contribution is -0.154. The average Bonchev–Trinajstić information content (AvgIpc) is 2.67. The van der Waals surface area contributed by atoms with Crippen molar-refractivity contribution in [2.24, 2.45) is 0 Å². The summed E-state index contributed by atoms with van der Waals surface area (Å²) < 4.78 is 18.3. The number of hydrogen-bond donors (Lipinski definition) is 1. The van der Waals surface area contributed by atoms with Gasteiger partial charge in [-0.2, -0.15) is 0 Å². The second kappa shape index (κ2) is 8.68. The van der Waals surface area contributed by atoms with Gasteiger partial charge in [0.05, 0.1) is 0 Å². The molecule has 1 aliphatic heterocycles. The number of hydrogen-bond acceptors (Lipinski definition) is 4. The summed E-state index contributed by atoms with van der Waals surface area (Å²) in [6.45, 7) is 9.65. The minimum absolute atomic E-state index is 0.224. The van der Waals surface area contributed by atoms with Gasteiger partial charge in [-0.25, -0.2) is 0 Å². The zero-order valence-electron chi connectivity index (χ0n) is 17.1. The summed E-state index contributed by atoms with van der Waals surface area (Å²) in [4.78, 5) is 0. The molecule has 0 radical (unpaired) electrons. The maximum absolute atomic E-state index is 6.24. The Hall–Kier alpha value is -2.48. The molecule has 0 fully saturated rings. The molecule has 148 valence electrons. The van der Waals surface area contributed by atoms with Gasteiger partial charge in [0, 0.05) is 24.4 Å². The maximum atomic E-state index is 6.24. The van der Waals surface area contributed by atoms with E-state index in [9.17, 15) is 0 Å². The number of terminal acetylenes is 1. The molecule has 1 N–H and O–H groups in total. The van der Waals surface area contributed by atoms with E-state index in [4.69, 9.17) is 20.6 Å². The summed E-state index contributed by atoms with van der Waals surface area (Å²) in [5.74, 6) is 3.37. The highest BCUT2D eigenvalue weighted by Crippen LogP contribution is 2.44. The summed E-state index contributed by atoms with van der Waals surface area (Å²) in [5, 5.41) is 3.49. The van der Waals surface area contributed by atoms with Gasteiger partial charge in [-0.05, 0) is 51.5 Å². The third-order valence-corrected chi connectivity index (χ3v) is 4.96. The van der Waals surface area contributed by atoms with Crippen LogP contribution in [0.25, 0.3) is 0 Å². The molecule has 1 heterocycles. The summed E-state index contributed by atoms with van der Waals surface area (Å²) in [7, 11) is 0. The Labute approximate surface area is 168 Å². The number of nitrogens with one attached hydrogen (secondary N) is 1. The molecule has 1 aliphatic rings. The van der Waals surface area contributed by atoms with E-state index >= 15 is 0 Å². The molecule has 3 rings (SSSR count). The number of benzene rings is 2. The first-order valence-corrected chi connectivity index (χ1v) is 9.73. The Morgan fingerprint density at radius 2 is 1.89 bits per heavy atom. The average molecular weight is 380 g/mol. The van der Waals surface area contributed by atoms with Gasteiger partial charge in [0.15, 0.2) is 0 Å². The highest BCUT2D eigenvalue weighted by atomic mass is 16.6. The van der Waals surface area contributed by atoms with Gasteiger partial charge < -0.3 is 19.5 Å². The number of anilines is 1. The molecule has 2 aromatic rings. The van der Waals surface area contributed by atoms with Crippen molar-refractivity contribution in [2.75, 3.05) is 18.5 Å². The maximum Gasteiger partial charge on any atom is 0.132 e. The zero-order valence-corrected chi connectivity index (χ0v) is 17.1. The fourth-order valence-corrected chi connectivity index (χ4v) is 3.54. The highest BCUT2D eigenvalue weighted by molar-refractivity contribution is 5.54. The monoisotopic (exact) mass is 379 g/mol. The van der Waals surface area contributed by atoms with Crippen molar-refractivity contribution >= 4 is 5.69 Å². The molecular formula is C24H29NO3. The van der Waals surface area contributed by atoms with Crippen molar-refractivity contribution < 1.29 is 14.2 Å². The van der Waals surface area contributed by atoms with E-state index in [1.165, 1.54) is 11.1 Å².